The summed E-state index contributed by atoms with van der Waals surface area (Å²) in [6, 6.07) is 0. The summed E-state index contributed by atoms with van der Waals surface area (Å²) >= 11 is 0. The molecular weight excluding hydrogens is 218 g/mol. The predicted molar refractivity (Wildman–Crippen MR) is 63.4 cm³/mol. The monoisotopic (exact) mass is 237 g/mol. The van der Waals surface area contributed by atoms with E-state index in [1.807, 2.05) is 14.0 Å². The Morgan fingerprint density at radius 2 is 2.29 bits per heavy atom. The third-order valence-electron chi connectivity index (χ3n) is 3.11. The van der Waals surface area contributed by atoms with Gasteiger partial charge < -0.3 is 0 Å². The Morgan fingerprint density at radius 3 is 2.94 bits per heavy atom. The number of hydrogen-bond acceptors (Lipinski definition) is 3. The zero-order valence-corrected chi connectivity index (χ0v) is 10.4. The third-order valence-corrected chi connectivity index (χ3v) is 3.11. The van der Waals surface area contributed by atoms with E-state index in [2.05, 4.69) is 10.6 Å². The summed E-state index contributed by atoms with van der Waals surface area (Å²) in [5.41, 5.74) is 3.95. The molecule has 1 saturated carbocycles. The topological polar surface area (TPSA) is 56.2 Å². The van der Waals surface area contributed by atoms with E-state index in [-0.39, 0.29) is 12.0 Å². The van der Waals surface area contributed by atoms with E-state index in [1.165, 1.54) is 12.8 Å². The number of amides is 1. The summed E-state index contributed by atoms with van der Waals surface area (Å²) < 4.78 is 1.66. The van der Waals surface area contributed by atoms with Gasteiger partial charge in [0.1, 0.15) is 0 Å². The lowest BCUT2D eigenvalue weighted by atomic mass is 10.2. The minimum absolute atomic E-state index is 0.181. The van der Waals surface area contributed by atoms with Gasteiger partial charge in [0.2, 0.25) is 0 Å². The highest BCUT2D eigenvalue weighted by molar-refractivity contribution is 5.94. The average molecular weight is 237 g/mol. The standard InChI is InChI=1S/C12H19N3O2/c1-3-11-10(8-15(2)13-11)12(16)14-17-9-6-4-5-7-9/h8-9H,3-7H2,1-2H3,(H,14,16). The Kier molecular flexibility index (Phi) is 3.78. The number of carbonyl (C=O) groups is 1. The first kappa shape index (κ1) is 12.1. The Bertz CT molecular complexity index is 394. The lowest BCUT2D eigenvalue weighted by Crippen LogP contribution is -2.28. The maximum atomic E-state index is 11.9. The summed E-state index contributed by atoms with van der Waals surface area (Å²) in [7, 11) is 1.81. The van der Waals surface area contributed by atoms with Crippen LogP contribution in [0, 0.1) is 0 Å². The van der Waals surface area contributed by atoms with Crippen molar-refractivity contribution in [3.05, 3.63) is 17.5 Å². The maximum absolute atomic E-state index is 11.9. The molecule has 0 unspecified atom stereocenters. The highest BCUT2D eigenvalue weighted by Crippen LogP contribution is 2.20. The number of hydroxylamine groups is 1. The Hall–Kier alpha value is -1.36. The van der Waals surface area contributed by atoms with Crippen LogP contribution in [0.15, 0.2) is 6.20 Å². The fraction of sp³-hybridized carbons (Fsp3) is 0.667. The van der Waals surface area contributed by atoms with Gasteiger partial charge in [0.25, 0.3) is 5.91 Å². The molecule has 94 valence electrons. The molecule has 5 heteroatoms. The fourth-order valence-electron chi connectivity index (χ4n) is 2.18. The number of hydrogen-bond donors (Lipinski definition) is 1. The Labute approximate surface area is 101 Å². The molecule has 0 radical (unpaired) electrons. The largest absolute Gasteiger partial charge is 0.278 e. The maximum Gasteiger partial charge on any atom is 0.278 e. The van der Waals surface area contributed by atoms with Gasteiger partial charge in [0, 0.05) is 13.2 Å². The molecule has 1 aromatic heterocycles. The minimum Gasteiger partial charge on any atom is -0.275 e. The second-order valence-corrected chi connectivity index (χ2v) is 4.47. The zero-order chi connectivity index (χ0) is 12.3. The van der Waals surface area contributed by atoms with E-state index < -0.39 is 0 Å². The molecule has 2 rings (SSSR count). The average Bonchev–Trinajstić information content (AvgIpc) is 2.94. The minimum atomic E-state index is -0.193. The van der Waals surface area contributed by atoms with Crippen molar-refractivity contribution in [1.29, 1.82) is 0 Å². The lowest BCUT2D eigenvalue weighted by molar-refractivity contribution is -0.0125. The van der Waals surface area contributed by atoms with Crippen LogP contribution in [0.3, 0.4) is 0 Å². The Balaban J connectivity index is 1.93. The van der Waals surface area contributed by atoms with E-state index >= 15 is 0 Å². The van der Waals surface area contributed by atoms with Gasteiger partial charge in [-0.05, 0) is 19.3 Å². The molecule has 1 heterocycles. The quantitative estimate of drug-likeness (QED) is 0.809. The van der Waals surface area contributed by atoms with Gasteiger partial charge in [0.15, 0.2) is 0 Å². The zero-order valence-electron chi connectivity index (χ0n) is 10.4. The van der Waals surface area contributed by atoms with Crippen molar-refractivity contribution in [2.45, 2.75) is 45.1 Å². The number of nitrogens with zero attached hydrogens (tertiary/aromatic N) is 2. The number of nitrogens with one attached hydrogen (secondary N) is 1. The molecule has 0 spiro atoms. The van der Waals surface area contributed by atoms with Crippen LogP contribution in [0.1, 0.15) is 48.7 Å². The number of aryl methyl sites for hydroxylation is 2. The molecule has 17 heavy (non-hydrogen) atoms. The van der Waals surface area contributed by atoms with Crippen molar-refractivity contribution >= 4 is 5.91 Å². The smallest absolute Gasteiger partial charge is 0.275 e. The van der Waals surface area contributed by atoms with Crippen LogP contribution in [-0.4, -0.2) is 21.8 Å². The van der Waals surface area contributed by atoms with E-state index in [0.717, 1.165) is 25.0 Å². The number of carbonyl (C=O) groups excluding carboxylic acids is 1. The van der Waals surface area contributed by atoms with Crippen molar-refractivity contribution < 1.29 is 9.63 Å². The SMILES string of the molecule is CCc1nn(C)cc1C(=O)NOC1CCCC1. The molecule has 0 aliphatic heterocycles. The first-order valence-corrected chi connectivity index (χ1v) is 6.19. The van der Waals surface area contributed by atoms with Gasteiger partial charge in [-0.3, -0.25) is 14.3 Å². The Morgan fingerprint density at radius 1 is 1.59 bits per heavy atom. The highest BCUT2D eigenvalue weighted by Gasteiger charge is 2.19. The van der Waals surface area contributed by atoms with Gasteiger partial charge >= 0.3 is 0 Å². The molecule has 1 N–H and O–H groups in total. The first-order valence-electron chi connectivity index (χ1n) is 6.19. The highest BCUT2D eigenvalue weighted by atomic mass is 16.7. The molecule has 1 fully saturated rings. The van der Waals surface area contributed by atoms with Crippen LogP contribution in [0.4, 0.5) is 0 Å². The van der Waals surface area contributed by atoms with Crippen molar-refractivity contribution in [1.82, 2.24) is 15.3 Å². The molecule has 0 aromatic carbocycles. The van der Waals surface area contributed by atoms with Crippen molar-refractivity contribution in [2.75, 3.05) is 0 Å². The molecule has 5 nitrogen and oxygen atoms in total. The van der Waals surface area contributed by atoms with Crippen LogP contribution in [-0.2, 0) is 18.3 Å². The fourth-order valence-corrected chi connectivity index (χ4v) is 2.18. The van der Waals surface area contributed by atoms with E-state index in [4.69, 9.17) is 4.84 Å². The van der Waals surface area contributed by atoms with Crippen LogP contribution >= 0.6 is 0 Å². The molecule has 0 atom stereocenters. The van der Waals surface area contributed by atoms with E-state index in [9.17, 15) is 4.79 Å². The van der Waals surface area contributed by atoms with Gasteiger partial charge in [-0.25, -0.2) is 5.48 Å². The van der Waals surface area contributed by atoms with E-state index in [0.29, 0.717) is 5.56 Å². The molecular formula is C12H19N3O2. The van der Waals surface area contributed by atoms with Crippen LogP contribution in [0.2, 0.25) is 0 Å². The number of rotatable bonds is 4. The van der Waals surface area contributed by atoms with Crippen LogP contribution < -0.4 is 5.48 Å². The second-order valence-electron chi connectivity index (χ2n) is 4.47. The van der Waals surface area contributed by atoms with Gasteiger partial charge in [-0.2, -0.15) is 5.10 Å². The molecule has 0 bridgehead atoms. The normalized spacial score (nSPS) is 16.4. The molecule has 0 saturated heterocycles. The summed E-state index contributed by atoms with van der Waals surface area (Å²) in [4.78, 5) is 17.3. The van der Waals surface area contributed by atoms with E-state index in [1.54, 1.807) is 10.9 Å². The van der Waals surface area contributed by atoms with Crippen molar-refractivity contribution in [3.63, 3.8) is 0 Å². The number of aromatic nitrogens is 2. The third kappa shape index (κ3) is 2.85. The van der Waals surface area contributed by atoms with Gasteiger partial charge in [-0.1, -0.05) is 19.8 Å². The van der Waals surface area contributed by atoms with Crippen LogP contribution in [0.5, 0.6) is 0 Å². The lowest BCUT2D eigenvalue weighted by Gasteiger charge is -2.10. The summed E-state index contributed by atoms with van der Waals surface area (Å²) in [5.74, 6) is -0.193. The molecule has 1 aliphatic carbocycles. The summed E-state index contributed by atoms with van der Waals surface area (Å²) in [5, 5.41) is 4.23. The van der Waals surface area contributed by atoms with Crippen molar-refractivity contribution in [2.24, 2.45) is 7.05 Å². The molecule has 1 amide bonds. The first-order chi connectivity index (χ1) is 8.20. The predicted octanol–water partition coefficient (Wildman–Crippen LogP) is 1.59. The molecule has 1 aromatic rings. The summed E-state index contributed by atoms with van der Waals surface area (Å²) in [6.07, 6.45) is 7.10. The van der Waals surface area contributed by atoms with Gasteiger partial charge in [0.05, 0.1) is 17.4 Å². The van der Waals surface area contributed by atoms with Crippen molar-refractivity contribution in [3.8, 4) is 0 Å². The second kappa shape index (κ2) is 5.31. The van der Waals surface area contributed by atoms with Crippen LogP contribution in [0.25, 0.3) is 0 Å². The van der Waals surface area contributed by atoms with Gasteiger partial charge in [-0.15, -0.1) is 0 Å². The summed E-state index contributed by atoms with van der Waals surface area (Å²) in [6.45, 7) is 1.98. The molecule has 1 aliphatic rings.